The average molecular weight is 515 g/mol. The first-order chi connectivity index (χ1) is 16.7. The third-order valence-corrected chi connectivity index (χ3v) is 4.68. The monoisotopic (exact) mass is 514 g/mol. The zero-order valence-corrected chi connectivity index (χ0v) is 20.7. The standard InChI is InChI=1S/C17H26N2O4.C6H8O7/c1-5-19(6-2)10-11-22-17(21)15-13(8-7-9-14(15)18)16(20)23-12(3)4;7-3(8)1-6(13,5(11)12)2-4(9)10/h7-9,12H,5-6,10-11,18H2,1-4H3;13H,1-2H2,(H,7,8)(H,9,10)(H,11,12). The fraction of sp³-hybridized carbons (Fsp3) is 0.522. The summed E-state index contributed by atoms with van der Waals surface area (Å²) >= 11 is 0. The summed E-state index contributed by atoms with van der Waals surface area (Å²) in [7, 11) is 0. The minimum absolute atomic E-state index is 0.0673. The number of aliphatic hydroxyl groups is 1. The summed E-state index contributed by atoms with van der Waals surface area (Å²) in [6.07, 6.45) is -2.57. The van der Waals surface area contributed by atoms with Gasteiger partial charge in [-0.25, -0.2) is 14.4 Å². The average Bonchev–Trinajstić information content (AvgIpc) is 2.75. The van der Waals surface area contributed by atoms with Gasteiger partial charge in [-0.05, 0) is 39.1 Å². The van der Waals surface area contributed by atoms with E-state index in [0.29, 0.717) is 6.54 Å². The minimum atomic E-state index is -2.74. The Morgan fingerprint density at radius 2 is 1.50 bits per heavy atom. The van der Waals surface area contributed by atoms with Crippen LogP contribution in [0, 0.1) is 0 Å². The molecule has 13 nitrogen and oxygen atoms in total. The van der Waals surface area contributed by atoms with Crippen molar-refractivity contribution in [3.8, 4) is 0 Å². The van der Waals surface area contributed by atoms with Gasteiger partial charge >= 0.3 is 29.8 Å². The first-order valence-electron chi connectivity index (χ1n) is 11.1. The van der Waals surface area contributed by atoms with E-state index in [1.54, 1.807) is 26.0 Å². The van der Waals surface area contributed by atoms with Gasteiger partial charge in [0, 0.05) is 12.2 Å². The van der Waals surface area contributed by atoms with E-state index in [9.17, 15) is 24.0 Å². The lowest BCUT2D eigenvalue weighted by atomic mass is 9.96. The molecule has 0 atom stereocenters. The molecular weight excluding hydrogens is 480 g/mol. The number of nitrogens with two attached hydrogens (primary N) is 1. The van der Waals surface area contributed by atoms with Gasteiger partial charge in [0.05, 0.1) is 30.1 Å². The summed E-state index contributed by atoms with van der Waals surface area (Å²) in [5, 5.41) is 33.8. The quantitative estimate of drug-likeness (QED) is 0.184. The molecule has 0 fully saturated rings. The molecule has 1 aromatic carbocycles. The Hall–Kier alpha value is -3.71. The normalized spacial score (nSPS) is 10.9. The first-order valence-corrected chi connectivity index (χ1v) is 11.1. The zero-order chi connectivity index (χ0) is 28.1. The summed E-state index contributed by atoms with van der Waals surface area (Å²) in [6.45, 7) is 10.2. The number of hydrogen-bond donors (Lipinski definition) is 5. The van der Waals surface area contributed by atoms with E-state index in [1.807, 2.05) is 13.8 Å². The fourth-order valence-corrected chi connectivity index (χ4v) is 2.84. The molecule has 202 valence electrons. The predicted octanol–water partition coefficient (Wildman–Crippen LogP) is 1.08. The Kier molecular flexibility index (Phi) is 13.7. The van der Waals surface area contributed by atoms with Crippen molar-refractivity contribution in [3.05, 3.63) is 29.3 Å². The Balaban J connectivity index is 0.000000802. The van der Waals surface area contributed by atoms with Gasteiger partial charge in [-0.3, -0.25) is 9.59 Å². The number of nitrogens with zero attached hydrogens (tertiary/aromatic N) is 1. The number of likely N-dealkylation sites (N-methyl/N-ethyl adjacent to an activating group) is 1. The number of nitrogen functional groups attached to an aromatic ring is 1. The fourth-order valence-electron chi connectivity index (χ4n) is 2.84. The summed E-state index contributed by atoms with van der Waals surface area (Å²) in [6, 6.07) is 4.69. The van der Waals surface area contributed by atoms with Gasteiger partial charge in [0.1, 0.15) is 6.61 Å². The van der Waals surface area contributed by atoms with E-state index >= 15 is 0 Å². The number of aliphatic carboxylic acids is 3. The highest BCUT2D eigenvalue weighted by Crippen LogP contribution is 2.20. The van der Waals surface area contributed by atoms with Crippen molar-refractivity contribution in [2.45, 2.75) is 52.2 Å². The van der Waals surface area contributed by atoms with Crippen molar-refractivity contribution in [2.75, 3.05) is 32.0 Å². The molecule has 0 aliphatic carbocycles. The Bertz CT molecular complexity index is 911. The highest BCUT2D eigenvalue weighted by molar-refractivity contribution is 6.06. The number of anilines is 1. The highest BCUT2D eigenvalue weighted by Gasteiger charge is 2.40. The summed E-state index contributed by atoms with van der Waals surface area (Å²) in [4.78, 5) is 57.0. The molecule has 0 aromatic heterocycles. The SMILES string of the molecule is CCN(CC)CCOC(=O)c1c(N)cccc1C(=O)OC(C)C.O=C(O)CC(O)(CC(=O)O)C(=O)O. The Morgan fingerprint density at radius 1 is 0.972 bits per heavy atom. The van der Waals surface area contributed by atoms with Crippen LogP contribution in [0.2, 0.25) is 0 Å². The van der Waals surface area contributed by atoms with Crippen LogP contribution in [0.1, 0.15) is 61.3 Å². The van der Waals surface area contributed by atoms with Gasteiger partial charge in [-0.15, -0.1) is 0 Å². The summed E-state index contributed by atoms with van der Waals surface area (Å²) in [5.74, 6) is -6.21. The second-order valence-electron chi connectivity index (χ2n) is 7.86. The van der Waals surface area contributed by atoms with Crippen molar-refractivity contribution in [1.29, 1.82) is 0 Å². The van der Waals surface area contributed by atoms with Crippen molar-refractivity contribution >= 4 is 35.5 Å². The van der Waals surface area contributed by atoms with E-state index in [1.165, 1.54) is 6.07 Å². The smallest absolute Gasteiger partial charge is 0.341 e. The number of carboxylic acid groups (broad SMARTS) is 3. The van der Waals surface area contributed by atoms with Gasteiger partial charge in [-0.1, -0.05) is 19.9 Å². The van der Waals surface area contributed by atoms with Crippen LogP contribution >= 0.6 is 0 Å². The van der Waals surface area contributed by atoms with Gasteiger partial charge < -0.3 is 40.5 Å². The number of benzene rings is 1. The van der Waals surface area contributed by atoms with E-state index in [4.69, 9.17) is 35.6 Å². The molecule has 0 unspecified atom stereocenters. The maximum atomic E-state index is 12.3. The molecule has 1 rings (SSSR count). The second kappa shape index (κ2) is 15.3. The lowest BCUT2D eigenvalue weighted by Gasteiger charge is -2.18. The third kappa shape index (κ3) is 11.1. The summed E-state index contributed by atoms with van der Waals surface area (Å²) in [5.41, 5.74) is 3.52. The molecular formula is C23H34N2O11. The molecule has 0 saturated heterocycles. The van der Waals surface area contributed by atoms with E-state index < -0.39 is 48.3 Å². The van der Waals surface area contributed by atoms with Gasteiger partial charge in [0.25, 0.3) is 0 Å². The van der Waals surface area contributed by atoms with Crippen LogP contribution in [0.4, 0.5) is 5.69 Å². The van der Waals surface area contributed by atoms with Gasteiger partial charge in [0.15, 0.2) is 5.60 Å². The van der Waals surface area contributed by atoms with Crippen LogP contribution in [0.3, 0.4) is 0 Å². The molecule has 6 N–H and O–H groups in total. The molecule has 0 aliphatic rings. The van der Waals surface area contributed by atoms with E-state index in [0.717, 1.165) is 13.1 Å². The molecule has 0 amide bonds. The topological polar surface area (TPSA) is 214 Å². The maximum absolute atomic E-state index is 12.3. The van der Waals surface area contributed by atoms with Crippen molar-refractivity contribution in [2.24, 2.45) is 0 Å². The number of hydrogen-bond acceptors (Lipinski definition) is 10. The van der Waals surface area contributed by atoms with Crippen LogP contribution < -0.4 is 5.73 Å². The van der Waals surface area contributed by atoms with E-state index in [2.05, 4.69) is 4.90 Å². The van der Waals surface area contributed by atoms with Crippen molar-refractivity contribution in [3.63, 3.8) is 0 Å². The molecule has 36 heavy (non-hydrogen) atoms. The largest absolute Gasteiger partial charge is 0.481 e. The third-order valence-electron chi connectivity index (χ3n) is 4.68. The molecule has 13 heteroatoms. The second-order valence-corrected chi connectivity index (χ2v) is 7.86. The predicted molar refractivity (Wildman–Crippen MR) is 127 cm³/mol. The number of ether oxygens (including phenoxy) is 2. The van der Waals surface area contributed by atoms with Crippen LogP contribution in [0.25, 0.3) is 0 Å². The molecule has 0 saturated carbocycles. The van der Waals surface area contributed by atoms with Crippen LogP contribution in [-0.4, -0.2) is 93.1 Å². The molecule has 0 heterocycles. The number of rotatable bonds is 13. The lowest BCUT2D eigenvalue weighted by Crippen LogP contribution is -2.42. The number of carbonyl (C=O) groups excluding carboxylic acids is 2. The number of carbonyl (C=O) groups is 5. The molecule has 1 aromatic rings. The lowest BCUT2D eigenvalue weighted by molar-refractivity contribution is -0.170. The number of carboxylic acids is 3. The minimum Gasteiger partial charge on any atom is -0.481 e. The van der Waals surface area contributed by atoms with Crippen LogP contribution in [0.15, 0.2) is 18.2 Å². The first kappa shape index (κ1) is 32.3. The van der Waals surface area contributed by atoms with Crippen molar-refractivity contribution in [1.82, 2.24) is 4.90 Å². The molecule has 0 bridgehead atoms. The summed E-state index contributed by atoms with van der Waals surface area (Å²) < 4.78 is 10.4. The number of esters is 2. The zero-order valence-electron chi connectivity index (χ0n) is 20.7. The Morgan fingerprint density at radius 3 is 1.92 bits per heavy atom. The molecule has 0 radical (unpaired) electrons. The van der Waals surface area contributed by atoms with Gasteiger partial charge in [0.2, 0.25) is 0 Å². The maximum Gasteiger partial charge on any atom is 0.341 e. The van der Waals surface area contributed by atoms with E-state index in [-0.39, 0.29) is 29.5 Å². The molecule has 0 spiro atoms. The van der Waals surface area contributed by atoms with Crippen LogP contribution in [-0.2, 0) is 23.9 Å². The Labute approximate surface area is 208 Å². The van der Waals surface area contributed by atoms with Gasteiger partial charge in [-0.2, -0.15) is 0 Å². The molecule has 0 aliphatic heterocycles. The van der Waals surface area contributed by atoms with Crippen molar-refractivity contribution < 1.29 is 53.9 Å². The highest BCUT2D eigenvalue weighted by atomic mass is 16.5. The van der Waals surface area contributed by atoms with Crippen LogP contribution in [0.5, 0.6) is 0 Å².